The molecule has 0 saturated carbocycles. The highest BCUT2D eigenvalue weighted by Crippen LogP contribution is 2.35. The van der Waals surface area contributed by atoms with Crippen LogP contribution in [0.1, 0.15) is 34.2 Å². The van der Waals surface area contributed by atoms with Gasteiger partial charge in [0.15, 0.2) is 5.13 Å². The van der Waals surface area contributed by atoms with Crippen LogP contribution in [0.25, 0.3) is 10.9 Å². The fourth-order valence-electron chi connectivity index (χ4n) is 3.73. The van der Waals surface area contributed by atoms with E-state index >= 15 is 0 Å². The van der Waals surface area contributed by atoms with Crippen molar-refractivity contribution in [1.29, 1.82) is 0 Å². The van der Waals surface area contributed by atoms with Gasteiger partial charge in [-0.05, 0) is 37.6 Å². The summed E-state index contributed by atoms with van der Waals surface area (Å²) in [5, 5.41) is 3.16. The lowest BCUT2D eigenvalue weighted by Gasteiger charge is -2.20. The van der Waals surface area contributed by atoms with Crippen LogP contribution in [0.5, 0.6) is 5.75 Å². The largest absolute Gasteiger partial charge is 0.495 e. The van der Waals surface area contributed by atoms with E-state index in [0.717, 1.165) is 16.5 Å². The predicted octanol–water partition coefficient (Wildman–Crippen LogP) is 5.36. The van der Waals surface area contributed by atoms with E-state index in [1.54, 1.807) is 31.5 Å². The standard InChI is InChI=1S/C25H23N3O4S/c1-15-19-9-5-6-10-20(19)26-16(2)23(15)24(30)32-13-18-14-33-25(27-18)28(17(3)29)21-11-7-8-12-22(21)31-4/h5-12,14H,13H2,1-4H3. The van der Waals surface area contributed by atoms with Crippen molar-refractivity contribution in [2.24, 2.45) is 0 Å². The average molecular weight is 462 g/mol. The average Bonchev–Trinajstić information content (AvgIpc) is 3.26. The molecule has 168 valence electrons. The van der Waals surface area contributed by atoms with Gasteiger partial charge < -0.3 is 9.47 Å². The van der Waals surface area contributed by atoms with Gasteiger partial charge in [0.05, 0.1) is 35.3 Å². The van der Waals surface area contributed by atoms with E-state index < -0.39 is 5.97 Å². The van der Waals surface area contributed by atoms with E-state index in [9.17, 15) is 9.59 Å². The monoisotopic (exact) mass is 461 g/mol. The number of amides is 1. The minimum absolute atomic E-state index is 0.0152. The number of rotatable bonds is 6. The normalized spacial score (nSPS) is 10.8. The van der Waals surface area contributed by atoms with E-state index in [4.69, 9.17) is 9.47 Å². The summed E-state index contributed by atoms with van der Waals surface area (Å²) in [5.41, 5.74) is 3.90. The van der Waals surface area contributed by atoms with Gasteiger partial charge in [0, 0.05) is 17.7 Å². The van der Waals surface area contributed by atoms with Gasteiger partial charge in [-0.25, -0.2) is 9.78 Å². The molecule has 8 heteroatoms. The maximum atomic E-state index is 12.9. The second-order valence-corrected chi connectivity index (χ2v) is 8.27. The maximum Gasteiger partial charge on any atom is 0.340 e. The molecule has 1 amide bonds. The van der Waals surface area contributed by atoms with Crippen LogP contribution in [0.2, 0.25) is 0 Å². The molecule has 4 aromatic rings. The summed E-state index contributed by atoms with van der Waals surface area (Å²) < 4.78 is 11.0. The van der Waals surface area contributed by atoms with Crippen LogP contribution in [0.3, 0.4) is 0 Å². The quantitative estimate of drug-likeness (QED) is 0.360. The molecule has 2 heterocycles. The molecule has 0 aliphatic carbocycles. The molecule has 2 aromatic heterocycles. The maximum absolute atomic E-state index is 12.9. The first kappa shape index (κ1) is 22.4. The summed E-state index contributed by atoms with van der Waals surface area (Å²) in [6.07, 6.45) is 0. The van der Waals surface area contributed by atoms with Crippen LogP contribution >= 0.6 is 11.3 Å². The first-order valence-electron chi connectivity index (χ1n) is 10.3. The highest BCUT2D eigenvalue weighted by Gasteiger charge is 2.22. The Morgan fingerprint density at radius 1 is 1.03 bits per heavy atom. The minimum atomic E-state index is -0.453. The van der Waals surface area contributed by atoms with E-state index in [1.165, 1.54) is 23.2 Å². The van der Waals surface area contributed by atoms with Crippen molar-refractivity contribution in [3.8, 4) is 5.75 Å². The SMILES string of the molecule is COc1ccccc1N(C(C)=O)c1nc(COC(=O)c2c(C)nc3ccccc3c2C)cs1. The number of thiazole rings is 1. The van der Waals surface area contributed by atoms with Crippen LogP contribution in [0, 0.1) is 13.8 Å². The molecule has 0 spiro atoms. The Morgan fingerprint density at radius 2 is 1.76 bits per heavy atom. The molecular formula is C25H23N3O4S. The molecule has 0 saturated heterocycles. The summed E-state index contributed by atoms with van der Waals surface area (Å²) in [5.74, 6) is -0.0949. The number of carbonyl (C=O) groups is 2. The molecule has 7 nitrogen and oxygen atoms in total. The number of ether oxygens (including phenoxy) is 2. The molecule has 4 rings (SSSR count). The molecule has 0 unspecified atom stereocenters. The number of aryl methyl sites for hydroxylation is 2. The summed E-state index contributed by atoms with van der Waals surface area (Å²) in [6, 6.07) is 14.9. The highest BCUT2D eigenvalue weighted by atomic mass is 32.1. The molecule has 0 N–H and O–H groups in total. The molecular weight excluding hydrogens is 438 g/mol. The zero-order valence-electron chi connectivity index (χ0n) is 18.8. The molecule has 0 radical (unpaired) electrons. The second kappa shape index (κ2) is 9.38. The van der Waals surface area contributed by atoms with Crippen molar-refractivity contribution in [1.82, 2.24) is 9.97 Å². The molecule has 0 aliphatic rings. The van der Waals surface area contributed by atoms with Crippen LogP contribution in [0.15, 0.2) is 53.9 Å². The number of methoxy groups -OCH3 is 1. The second-order valence-electron chi connectivity index (χ2n) is 7.44. The van der Waals surface area contributed by atoms with Crippen molar-refractivity contribution < 1.29 is 19.1 Å². The van der Waals surface area contributed by atoms with E-state index in [1.807, 2.05) is 43.3 Å². The van der Waals surface area contributed by atoms with Crippen molar-refractivity contribution in [2.45, 2.75) is 27.4 Å². The Bertz CT molecular complexity index is 1350. The zero-order chi connectivity index (χ0) is 23.5. The molecule has 0 bridgehead atoms. The fraction of sp³-hybridized carbons (Fsp3) is 0.200. The van der Waals surface area contributed by atoms with Crippen molar-refractivity contribution in [3.05, 3.63) is 76.4 Å². The Balaban J connectivity index is 1.55. The number of carbonyl (C=O) groups excluding carboxylic acids is 2. The molecule has 0 atom stereocenters. The molecule has 0 fully saturated rings. The van der Waals surface area contributed by atoms with Gasteiger partial charge in [-0.3, -0.25) is 14.7 Å². The van der Waals surface area contributed by atoms with E-state index in [2.05, 4.69) is 9.97 Å². The van der Waals surface area contributed by atoms with Crippen LogP contribution < -0.4 is 9.64 Å². The number of hydrogen-bond acceptors (Lipinski definition) is 7. The lowest BCUT2D eigenvalue weighted by Crippen LogP contribution is -2.23. The van der Waals surface area contributed by atoms with Crippen molar-refractivity contribution >= 4 is 44.9 Å². The summed E-state index contributed by atoms with van der Waals surface area (Å²) >= 11 is 1.29. The number of aromatic nitrogens is 2. The van der Waals surface area contributed by atoms with Crippen molar-refractivity contribution in [3.63, 3.8) is 0 Å². The third-order valence-electron chi connectivity index (χ3n) is 5.26. The Hall–Kier alpha value is -3.78. The number of para-hydroxylation sites is 3. The first-order valence-corrected chi connectivity index (χ1v) is 11.2. The molecule has 33 heavy (non-hydrogen) atoms. The molecule has 2 aromatic carbocycles. The Kier molecular flexibility index (Phi) is 6.37. The summed E-state index contributed by atoms with van der Waals surface area (Å²) in [6.45, 7) is 5.14. The fourth-order valence-corrected chi connectivity index (χ4v) is 4.59. The van der Waals surface area contributed by atoms with Gasteiger partial charge in [0.1, 0.15) is 12.4 Å². The molecule has 0 aliphatic heterocycles. The summed E-state index contributed by atoms with van der Waals surface area (Å²) in [4.78, 5) is 35.8. The van der Waals surface area contributed by atoms with Gasteiger partial charge >= 0.3 is 5.97 Å². The van der Waals surface area contributed by atoms with E-state index in [-0.39, 0.29) is 12.5 Å². The van der Waals surface area contributed by atoms with Gasteiger partial charge in [-0.2, -0.15) is 0 Å². The number of esters is 1. The number of pyridine rings is 1. The van der Waals surface area contributed by atoms with E-state index in [0.29, 0.717) is 33.5 Å². The number of anilines is 2. The Morgan fingerprint density at radius 3 is 2.52 bits per heavy atom. The van der Waals surface area contributed by atoms with Gasteiger partial charge in [0.25, 0.3) is 0 Å². The lowest BCUT2D eigenvalue weighted by atomic mass is 10.0. The number of nitrogens with zero attached hydrogens (tertiary/aromatic N) is 3. The van der Waals surface area contributed by atoms with Crippen LogP contribution in [-0.2, 0) is 16.1 Å². The van der Waals surface area contributed by atoms with Crippen LogP contribution in [-0.4, -0.2) is 29.0 Å². The number of benzene rings is 2. The lowest BCUT2D eigenvalue weighted by molar-refractivity contribution is -0.115. The topological polar surface area (TPSA) is 81.6 Å². The van der Waals surface area contributed by atoms with Gasteiger partial charge in [-0.1, -0.05) is 30.3 Å². The van der Waals surface area contributed by atoms with Gasteiger partial charge in [0.2, 0.25) is 5.91 Å². The van der Waals surface area contributed by atoms with Crippen LogP contribution in [0.4, 0.5) is 10.8 Å². The third-order valence-corrected chi connectivity index (χ3v) is 6.13. The third kappa shape index (κ3) is 4.42. The minimum Gasteiger partial charge on any atom is -0.495 e. The predicted molar refractivity (Wildman–Crippen MR) is 128 cm³/mol. The summed E-state index contributed by atoms with van der Waals surface area (Å²) in [7, 11) is 1.55. The smallest absolute Gasteiger partial charge is 0.340 e. The van der Waals surface area contributed by atoms with Gasteiger partial charge in [-0.15, -0.1) is 11.3 Å². The zero-order valence-corrected chi connectivity index (χ0v) is 19.6. The number of fused-ring (bicyclic) bond motifs is 1. The highest BCUT2D eigenvalue weighted by molar-refractivity contribution is 7.14. The first-order chi connectivity index (χ1) is 15.9. The number of hydrogen-bond donors (Lipinski definition) is 0. The Labute approximate surface area is 195 Å². The van der Waals surface area contributed by atoms with Crippen molar-refractivity contribution in [2.75, 3.05) is 12.0 Å².